The molecule has 2 fully saturated rings. The Morgan fingerprint density at radius 2 is 0.906 bits per heavy atom. The molecule has 2 aromatic rings. The van der Waals surface area contributed by atoms with Crippen LogP contribution >= 0.6 is 0 Å². The molecule has 0 aliphatic carbocycles. The van der Waals surface area contributed by atoms with Gasteiger partial charge in [-0.1, -0.05) is 0 Å². The highest BCUT2D eigenvalue weighted by atomic mass is 127. The molecule has 0 spiro atoms. The van der Waals surface area contributed by atoms with Crippen molar-refractivity contribution in [1.82, 2.24) is 0 Å². The van der Waals surface area contributed by atoms with Crippen molar-refractivity contribution < 1.29 is 57.9 Å². The van der Waals surface area contributed by atoms with Crippen LogP contribution in [0.2, 0.25) is 0 Å². The summed E-state index contributed by atoms with van der Waals surface area (Å²) in [7, 11) is -4.92. The van der Waals surface area contributed by atoms with Crippen molar-refractivity contribution in [3.8, 4) is 0 Å². The van der Waals surface area contributed by atoms with Crippen molar-refractivity contribution in [2.45, 2.75) is 25.7 Å². The fourth-order valence-electron chi connectivity index (χ4n) is 3.16. The van der Waals surface area contributed by atoms with Gasteiger partial charge in [0.05, 0.1) is 11.4 Å². The van der Waals surface area contributed by atoms with E-state index in [4.69, 9.17) is 17.5 Å². The van der Waals surface area contributed by atoms with Gasteiger partial charge < -0.3 is 4.55 Å². The topological polar surface area (TPSA) is 152 Å². The van der Waals surface area contributed by atoms with Crippen molar-refractivity contribution in [1.29, 1.82) is 0 Å². The van der Waals surface area contributed by atoms with Crippen LogP contribution in [-0.2, 0) is 29.6 Å². The highest BCUT2D eigenvalue weighted by Crippen LogP contribution is 2.22. The van der Waals surface area contributed by atoms with Gasteiger partial charge in [-0.2, -0.15) is 0 Å². The maximum atomic E-state index is 11.8. The first-order chi connectivity index (χ1) is 15.0. The van der Waals surface area contributed by atoms with Gasteiger partial charge in [0, 0.05) is 25.7 Å². The fraction of sp³-hybridized carbons (Fsp3) is 0.200. The van der Waals surface area contributed by atoms with E-state index in [1.54, 1.807) is 0 Å². The SMILES string of the molecule is O=C1CCC(=O)N1c1ccc([I+]c2ccc(N3C(=O)CCC3=O)cc2)cc1.O=S(=O)([O-])O. The maximum absolute atomic E-state index is 11.8. The van der Waals surface area contributed by atoms with E-state index in [1.165, 1.54) is 9.80 Å². The predicted molar refractivity (Wildman–Crippen MR) is 106 cm³/mol. The minimum absolute atomic E-state index is 0.149. The Morgan fingerprint density at radius 1 is 0.656 bits per heavy atom. The Bertz CT molecular complexity index is 1050. The van der Waals surface area contributed by atoms with Crippen LogP contribution in [0, 0.1) is 7.14 Å². The molecule has 0 unspecified atom stereocenters. The van der Waals surface area contributed by atoms with Gasteiger partial charge in [0.2, 0.25) is 34.0 Å². The lowest BCUT2D eigenvalue weighted by Gasteiger charge is -2.13. The standard InChI is InChI=1S/C20H16IN2O4.H2O4S/c24-17-9-10-18(25)22(17)15-5-1-13(2-6-15)21-14-3-7-16(8-4-14)23-19(26)11-12-20(23)27;1-5(2,3)4/h1-8H,9-12H2;(H2,1,2,3,4)/q+1;/p-1. The molecule has 12 heteroatoms. The average molecular weight is 572 g/mol. The highest BCUT2D eigenvalue weighted by Gasteiger charge is 2.31. The normalized spacial score (nSPS) is 16.4. The lowest BCUT2D eigenvalue weighted by molar-refractivity contribution is -0.597. The van der Waals surface area contributed by atoms with Gasteiger partial charge in [0.1, 0.15) is 0 Å². The van der Waals surface area contributed by atoms with Gasteiger partial charge in [-0.25, -0.2) is 8.42 Å². The fourth-order valence-corrected chi connectivity index (χ4v) is 5.32. The number of amides is 4. The molecular weight excluding hydrogens is 555 g/mol. The summed E-state index contributed by atoms with van der Waals surface area (Å²) in [5, 5.41) is 0. The molecule has 2 aliphatic heterocycles. The van der Waals surface area contributed by atoms with E-state index in [2.05, 4.69) is 0 Å². The van der Waals surface area contributed by atoms with Crippen LogP contribution in [-0.4, -0.2) is 41.2 Å². The third-order valence-corrected chi connectivity index (χ3v) is 7.17. The lowest BCUT2D eigenvalue weighted by atomic mass is 10.3. The number of carbonyl (C=O) groups is 4. The zero-order chi connectivity index (χ0) is 23.5. The van der Waals surface area contributed by atoms with Gasteiger partial charge in [0.15, 0.2) is 7.14 Å². The first-order valence-corrected chi connectivity index (χ1v) is 12.8. The molecule has 168 valence electrons. The molecule has 4 rings (SSSR count). The molecule has 0 atom stereocenters. The smallest absolute Gasteiger partial charge is 0.357 e. The number of nitrogens with zero attached hydrogens (tertiary/aromatic N) is 2. The number of imide groups is 2. The Morgan fingerprint density at radius 3 is 1.16 bits per heavy atom. The number of rotatable bonds is 4. The number of benzene rings is 2. The largest absolute Gasteiger partial charge is 0.726 e. The molecule has 2 aliphatic rings. The van der Waals surface area contributed by atoms with E-state index in [0.29, 0.717) is 11.4 Å². The van der Waals surface area contributed by atoms with Crippen LogP contribution < -0.4 is 31.0 Å². The molecule has 4 amide bonds. The number of carbonyl (C=O) groups excluding carboxylic acids is 4. The summed E-state index contributed by atoms with van der Waals surface area (Å²) in [4.78, 5) is 49.7. The molecule has 0 saturated carbocycles. The summed E-state index contributed by atoms with van der Waals surface area (Å²) < 4.78 is 35.1. The molecule has 2 heterocycles. The molecule has 32 heavy (non-hydrogen) atoms. The zero-order valence-corrected chi connectivity index (χ0v) is 19.4. The van der Waals surface area contributed by atoms with E-state index in [1.807, 2.05) is 48.5 Å². The molecule has 2 saturated heterocycles. The van der Waals surface area contributed by atoms with Crippen LogP contribution in [0.3, 0.4) is 0 Å². The highest BCUT2D eigenvalue weighted by molar-refractivity contribution is 7.79. The monoisotopic (exact) mass is 572 g/mol. The van der Waals surface area contributed by atoms with Gasteiger partial charge in [0.25, 0.3) is 0 Å². The summed E-state index contributed by atoms with van der Waals surface area (Å²) in [6.07, 6.45) is 1.12. The maximum Gasteiger partial charge on any atom is 0.357 e. The Balaban J connectivity index is 0.000000523. The first-order valence-electron chi connectivity index (χ1n) is 9.28. The van der Waals surface area contributed by atoms with E-state index in [9.17, 15) is 19.2 Å². The quantitative estimate of drug-likeness (QED) is 0.194. The van der Waals surface area contributed by atoms with E-state index >= 15 is 0 Å². The number of hydrogen-bond donors (Lipinski definition) is 1. The Labute approximate surface area is 194 Å². The van der Waals surface area contributed by atoms with Crippen molar-refractivity contribution in [2.24, 2.45) is 0 Å². The molecule has 0 bridgehead atoms. The van der Waals surface area contributed by atoms with E-state index in [0.717, 1.165) is 7.14 Å². The van der Waals surface area contributed by atoms with Gasteiger partial charge in [-0.3, -0.25) is 33.5 Å². The van der Waals surface area contributed by atoms with E-state index < -0.39 is 31.6 Å². The second-order valence-corrected chi connectivity index (χ2v) is 10.6. The predicted octanol–water partition coefficient (Wildman–Crippen LogP) is -1.87. The van der Waals surface area contributed by atoms with E-state index in [-0.39, 0.29) is 49.3 Å². The second kappa shape index (κ2) is 9.85. The number of hydrogen-bond acceptors (Lipinski definition) is 7. The van der Waals surface area contributed by atoms with Crippen LogP contribution in [0.25, 0.3) is 0 Å². The van der Waals surface area contributed by atoms with Crippen LogP contribution in [0.15, 0.2) is 48.5 Å². The van der Waals surface area contributed by atoms with Crippen LogP contribution in [0.1, 0.15) is 25.7 Å². The van der Waals surface area contributed by atoms with Crippen molar-refractivity contribution >= 4 is 45.4 Å². The number of halogens is 1. The lowest BCUT2D eigenvalue weighted by Crippen LogP contribution is -3.61. The summed E-state index contributed by atoms with van der Waals surface area (Å²) >= 11 is -0.445. The van der Waals surface area contributed by atoms with Crippen molar-refractivity contribution in [2.75, 3.05) is 9.80 Å². The molecule has 0 aromatic heterocycles. The van der Waals surface area contributed by atoms with Gasteiger partial charge in [-0.15, -0.1) is 0 Å². The van der Waals surface area contributed by atoms with Crippen molar-refractivity contribution in [3.05, 3.63) is 55.7 Å². The summed E-state index contributed by atoms with van der Waals surface area (Å²) in [5.41, 5.74) is 1.24. The Hall–Kier alpha value is -2.68. The first kappa shape index (κ1) is 24.0. The van der Waals surface area contributed by atoms with Crippen LogP contribution in [0.4, 0.5) is 11.4 Å². The summed E-state index contributed by atoms with van der Waals surface area (Å²) in [5.74, 6) is -0.596. The molecule has 1 N–H and O–H groups in total. The molecular formula is C20H17IN2O8S. The van der Waals surface area contributed by atoms with Crippen molar-refractivity contribution in [3.63, 3.8) is 0 Å². The summed E-state index contributed by atoms with van der Waals surface area (Å²) in [6, 6.07) is 15.0. The molecule has 10 nitrogen and oxygen atoms in total. The number of anilines is 2. The third-order valence-electron chi connectivity index (χ3n) is 4.49. The van der Waals surface area contributed by atoms with Gasteiger partial charge in [-0.05, 0) is 48.5 Å². The van der Waals surface area contributed by atoms with Crippen LogP contribution in [0.5, 0.6) is 0 Å². The third kappa shape index (κ3) is 6.18. The molecule has 0 radical (unpaired) electrons. The molecule has 2 aromatic carbocycles. The minimum Gasteiger partial charge on any atom is -0.726 e. The van der Waals surface area contributed by atoms with Gasteiger partial charge >= 0.3 is 21.2 Å². The Kier molecular flexibility index (Phi) is 7.38. The average Bonchev–Trinajstić information content (AvgIpc) is 3.23. The minimum atomic E-state index is -4.92. The zero-order valence-electron chi connectivity index (χ0n) is 16.4. The summed E-state index contributed by atoms with van der Waals surface area (Å²) in [6.45, 7) is 0. The second-order valence-electron chi connectivity index (χ2n) is 6.72.